The smallest absolute Gasteiger partial charge is 0.408 e. The van der Waals surface area contributed by atoms with Gasteiger partial charge in [0.25, 0.3) is 0 Å². The number of hydrogen-bond donors (Lipinski definition) is 6. The second-order valence-electron chi connectivity index (χ2n) is 17.4. The van der Waals surface area contributed by atoms with Gasteiger partial charge in [-0.3, -0.25) is 15.1 Å². The van der Waals surface area contributed by atoms with Gasteiger partial charge in [-0.1, -0.05) is 0 Å². The molecule has 0 unspecified atom stereocenters. The van der Waals surface area contributed by atoms with Crippen LogP contribution in [0.15, 0.2) is 49.1 Å². The number of amides is 2. The van der Waals surface area contributed by atoms with Gasteiger partial charge in [0.05, 0.1) is 54.2 Å². The SMILES string of the molecule is CO[C@@H](C)c1cc2c(Nc3cc([C@H]4C[C@@H](OC(=O)NC5(C)CC5)CO4)[nH]n3)nccn2n1.CO[C@H](C)c1cc2c(Nc3cc([C@H]4C[C@@H](N(C(=O)O)C5(C)CC5)CO4)[nH]n3)nccn2n1. The van der Waals surface area contributed by atoms with Gasteiger partial charge in [0.1, 0.15) is 29.3 Å². The number of carbonyl (C=O) groups is 2. The number of nitrogens with zero attached hydrogens (tertiary/aromatic N) is 9. The Morgan fingerprint density at radius 3 is 1.84 bits per heavy atom. The Labute approximate surface area is 367 Å². The fraction of sp³-hybridized carbons (Fsp3) is 0.524. The fourth-order valence-electron chi connectivity index (χ4n) is 7.98. The number of hydrogen-bond acceptors (Lipinski definition) is 15. The van der Waals surface area contributed by atoms with Crippen molar-refractivity contribution in [1.82, 2.24) is 59.8 Å². The van der Waals surface area contributed by atoms with Crippen molar-refractivity contribution in [2.24, 2.45) is 0 Å². The van der Waals surface area contributed by atoms with Gasteiger partial charge < -0.3 is 44.7 Å². The molecule has 6 N–H and O–H groups in total. The molecule has 10 rings (SSSR count). The number of anilines is 4. The van der Waals surface area contributed by atoms with Crippen molar-refractivity contribution in [1.29, 1.82) is 0 Å². The van der Waals surface area contributed by atoms with Crippen molar-refractivity contribution < 1.29 is 38.4 Å². The predicted molar refractivity (Wildman–Crippen MR) is 230 cm³/mol. The highest BCUT2D eigenvalue weighted by Gasteiger charge is 2.51. The summed E-state index contributed by atoms with van der Waals surface area (Å²) in [6, 6.07) is 7.45. The monoisotopic (exact) mass is 882 g/mol. The molecule has 2 amide bonds. The molecule has 64 heavy (non-hydrogen) atoms. The minimum atomic E-state index is -0.881. The molecule has 0 radical (unpaired) electrons. The van der Waals surface area contributed by atoms with Crippen LogP contribution in [0.3, 0.4) is 0 Å². The molecule has 0 aromatic carbocycles. The summed E-state index contributed by atoms with van der Waals surface area (Å²) in [6.07, 6.45) is 9.60. The number of alkyl carbamates (subject to hydrolysis) is 1. The molecular weight excluding hydrogens is 829 g/mol. The van der Waals surface area contributed by atoms with Crippen LogP contribution < -0.4 is 16.0 Å². The fourth-order valence-corrected chi connectivity index (χ4v) is 7.98. The molecule has 2 saturated heterocycles. The molecule has 6 atom stereocenters. The van der Waals surface area contributed by atoms with Crippen LogP contribution in [0.4, 0.5) is 32.9 Å². The molecule has 6 aromatic rings. The predicted octanol–water partition coefficient (Wildman–Crippen LogP) is 6.28. The Morgan fingerprint density at radius 1 is 0.812 bits per heavy atom. The molecule has 6 aromatic heterocycles. The zero-order chi connectivity index (χ0) is 44.8. The van der Waals surface area contributed by atoms with E-state index in [2.05, 4.69) is 56.5 Å². The molecule has 2 aliphatic carbocycles. The number of rotatable bonds is 14. The van der Waals surface area contributed by atoms with E-state index >= 15 is 0 Å². The number of aromatic amines is 2. The van der Waals surface area contributed by atoms with E-state index in [1.54, 1.807) is 52.9 Å². The van der Waals surface area contributed by atoms with E-state index in [9.17, 15) is 14.7 Å². The summed E-state index contributed by atoms with van der Waals surface area (Å²) < 4.78 is 31.5. The zero-order valence-electron chi connectivity index (χ0n) is 36.6. The van der Waals surface area contributed by atoms with Crippen LogP contribution in [0.1, 0.15) is 113 Å². The van der Waals surface area contributed by atoms with Crippen LogP contribution in [0.2, 0.25) is 0 Å². The highest BCUT2D eigenvalue weighted by atomic mass is 16.6. The third kappa shape index (κ3) is 9.16. The molecule has 4 fully saturated rings. The van der Waals surface area contributed by atoms with Gasteiger partial charge in [-0.25, -0.2) is 28.6 Å². The van der Waals surface area contributed by atoms with Crippen molar-refractivity contribution >= 4 is 46.5 Å². The lowest BCUT2D eigenvalue weighted by Crippen LogP contribution is -2.47. The number of aromatic nitrogens is 10. The standard InChI is InChI=1S/2C21H27N7O4/c1-12(30-3)14-9-16-19(22-6-7-28(16)27-14)23-18-10-15(25-26-18)17-8-13(11-31-17)32-20(29)24-21(2)4-5-21;1-12(31-3)14-9-16-19(22-6-7-27(16)26-14)23-18-10-15(24-25-18)17-8-13(11-32-17)28(20(29)30)21(2)4-5-21/h6-7,9-10,12-13,17H,4-5,8,11H2,1-3H3,(H,24,29)(H2,22,23,25,26);6-7,9-10,12-13,17H,4-5,8,11H2,1-3H3,(H,29,30)(H2,22,23,24,25)/t12-,13+,17+;12-,13-,17-/m01/s1. The lowest BCUT2D eigenvalue weighted by Gasteiger charge is -2.31. The van der Waals surface area contributed by atoms with Crippen LogP contribution >= 0.6 is 0 Å². The van der Waals surface area contributed by atoms with Gasteiger partial charge in [0.2, 0.25) is 0 Å². The highest BCUT2D eigenvalue weighted by Crippen LogP contribution is 2.45. The lowest BCUT2D eigenvalue weighted by atomic mass is 10.1. The maximum absolute atomic E-state index is 12.0. The summed E-state index contributed by atoms with van der Waals surface area (Å²) in [5.74, 6) is 2.46. The summed E-state index contributed by atoms with van der Waals surface area (Å²) in [6.45, 7) is 8.62. The van der Waals surface area contributed by atoms with Gasteiger partial charge in [-0.05, 0) is 65.5 Å². The molecule has 2 aliphatic heterocycles. The average Bonchev–Trinajstić information content (AvgIpc) is 3.82. The van der Waals surface area contributed by atoms with Crippen molar-refractivity contribution in [3.05, 3.63) is 71.8 Å². The first-order valence-corrected chi connectivity index (χ1v) is 21.4. The Kier molecular flexibility index (Phi) is 11.6. The molecule has 22 heteroatoms. The van der Waals surface area contributed by atoms with Gasteiger partial charge in [0, 0.05) is 75.1 Å². The Morgan fingerprint density at radius 2 is 1.34 bits per heavy atom. The van der Waals surface area contributed by atoms with Gasteiger partial charge in [-0.2, -0.15) is 20.4 Å². The van der Waals surface area contributed by atoms with Crippen LogP contribution in [-0.2, 0) is 23.7 Å². The number of nitrogens with one attached hydrogen (secondary N) is 5. The largest absolute Gasteiger partial charge is 0.465 e. The van der Waals surface area contributed by atoms with Crippen LogP contribution in [0.5, 0.6) is 0 Å². The molecule has 0 bridgehead atoms. The molecule has 4 aliphatic rings. The highest BCUT2D eigenvalue weighted by molar-refractivity contribution is 5.73. The first kappa shape index (κ1) is 42.9. The van der Waals surface area contributed by atoms with E-state index in [-0.39, 0.29) is 53.7 Å². The number of H-pyrrole nitrogens is 2. The van der Waals surface area contributed by atoms with Crippen molar-refractivity contribution in [2.45, 2.75) is 114 Å². The quantitative estimate of drug-likeness (QED) is 0.0704. The normalized spacial score (nSPS) is 22.7. The average molecular weight is 883 g/mol. The number of ether oxygens (including phenoxy) is 5. The summed E-state index contributed by atoms with van der Waals surface area (Å²) in [5, 5.41) is 42.8. The second kappa shape index (κ2) is 17.3. The minimum Gasteiger partial charge on any atom is -0.465 e. The lowest BCUT2D eigenvalue weighted by molar-refractivity contribution is 0.0675. The Hall–Kier alpha value is -6.36. The summed E-state index contributed by atoms with van der Waals surface area (Å²) >= 11 is 0. The second-order valence-corrected chi connectivity index (χ2v) is 17.4. The topological polar surface area (TPSA) is 258 Å². The van der Waals surface area contributed by atoms with Crippen LogP contribution in [-0.4, -0.2) is 122 Å². The number of carboxylic acid groups (broad SMARTS) is 1. The number of carbonyl (C=O) groups excluding carboxylic acids is 1. The Balaban J connectivity index is 0.000000162. The van der Waals surface area contributed by atoms with Gasteiger partial charge in [0.15, 0.2) is 23.3 Å². The molecule has 8 heterocycles. The first-order chi connectivity index (χ1) is 30.8. The number of methoxy groups -OCH3 is 2. The molecule has 2 saturated carbocycles. The molecule has 340 valence electrons. The molecule has 22 nitrogen and oxygen atoms in total. The first-order valence-electron chi connectivity index (χ1n) is 21.4. The van der Waals surface area contributed by atoms with Crippen molar-refractivity contribution in [3.8, 4) is 0 Å². The van der Waals surface area contributed by atoms with Crippen LogP contribution in [0.25, 0.3) is 11.0 Å². The van der Waals surface area contributed by atoms with Gasteiger partial charge >= 0.3 is 12.2 Å². The van der Waals surface area contributed by atoms with E-state index in [4.69, 9.17) is 23.7 Å². The number of fused-ring (bicyclic) bond motifs is 2. The zero-order valence-corrected chi connectivity index (χ0v) is 36.6. The Bertz CT molecular complexity index is 2610. The maximum Gasteiger partial charge on any atom is 0.408 e. The van der Waals surface area contributed by atoms with Crippen molar-refractivity contribution in [2.75, 3.05) is 38.1 Å². The van der Waals surface area contributed by atoms with E-state index in [1.807, 2.05) is 52.0 Å². The van der Waals surface area contributed by atoms with E-state index < -0.39 is 6.09 Å². The molecule has 0 spiro atoms. The van der Waals surface area contributed by atoms with Crippen molar-refractivity contribution in [3.63, 3.8) is 0 Å². The summed E-state index contributed by atoms with van der Waals surface area (Å²) in [7, 11) is 3.30. The van der Waals surface area contributed by atoms with Gasteiger partial charge in [-0.15, -0.1) is 0 Å². The maximum atomic E-state index is 12.0. The van der Waals surface area contributed by atoms with Crippen LogP contribution in [0, 0.1) is 0 Å². The third-order valence-corrected chi connectivity index (χ3v) is 12.5. The van der Waals surface area contributed by atoms with E-state index in [0.29, 0.717) is 49.3 Å². The third-order valence-electron chi connectivity index (χ3n) is 12.5. The minimum absolute atomic E-state index is 0.103. The molecular formula is C42H54N14O8. The van der Waals surface area contributed by atoms with E-state index in [0.717, 1.165) is 59.5 Å². The summed E-state index contributed by atoms with van der Waals surface area (Å²) in [5.41, 5.74) is 4.50. The summed E-state index contributed by atoms with van der Waals surface area (Å²) in [4.78, 5) is 34.3. The van der Waals surface area contributed by atoms with E-state index in [1.165, 1.54) is 0 Å².